The SMILES string of the molecule is CCOC(=O)[C@H](CCc1ccccc1)N[C@@H](C)C(=O)N1C2CCC(CC2)C1C(=O)O.Cl. The molecule has 7 nitrogen and oxygen atoms in total. The summed E-state index contributed by atoms with van der Waals surface area (Å²) in [5.41, 5.74) is 1.10. The normalized spacial score (nSPS) is 24.1. The zero-order valence-corrected chi connectivity index (χ0v) is 19.0. The lowest BCUT2D eigenvalue weighted by molar-refractivity contribution is -0.164. The molecule has 2 bridgehead atoms. The Bertz CT molecular complexity index is 752. The van der Waals surface area contributed by atoms with Crippen molar-refractivity contribution >= 4 is 30.3 Å². The summed E-state index contributed by atoms with van der Waals surface area (Å²) >= 11 is 0. The number of rotatable bonds is 9. The second-order valence-corrected chi connectivity index (χ2v) is 8.31. The number of carbonyl (C=O) groups excluding carboxylic acids is 2. The predicted molar refractivity (Wildman–Crippen MR) is 119 cm³/mol. The Hall–Kier alpha value is -2.12. The first kappa shape index (κ1) is 25.1. The van der Waals surface area contributed by atoms with Crippen molar-refractivity contribution in [3.8, 4) is 0 Å². The minimum absolute atomic E-state index is 0. The number of nitrogens with zero attached hydrogens (tertiary/aromatic N) is 1. The summed E-state index contributed by atoms with van der Waals surface area (Å²) in [6.07, 6.45) is 4.58. The van der Waals surface area contributed by atoms with E-state index in [-0.39, 0.29) is 42.9 Å². The van der Waals surface area contributed by atoms with Crippen LogP contribution in [0.25, 0.3) is 0 Å². The van der Waals surface area contributed by atoms with Crippen molar-refractivity contribution in [2.24, 2.45) is 5.92 Å². The second kappa shape index (κ2) is 11.5. The molecule has 1 saturated carbocycles. The third kappa shape index (κ3) is 5.98. The van der Waals surface area contributed by atoms with Crippen LogP contribution >= 0.6 is 12.4 Å². The van der Waals surface area contributed by atoms with Crippen molar-refractivity contribution < 1.29 is 24.2 Å². The summed E-state index contributed by atoms with van der Waals surface area (Å²) in [5.74, 6) is -1.55. The largest absolute Gasteiger partial charge is 0.480 e. The van der Waals surface area contributed by atoms with Gasteiger partial charge in [0.15, 0.2) is 0 Å². The number of fused-ring (bicyclic) bond motifs is 3. The first-order valence-corrected chi connectivity index (χ1v) is 10.9. The van der Waals surface area contributed by atoms with Gasteiger partial charge in [-0.2, -0.15) is 0 Å². The van der Waals surface area contributed by atoms with Crippen molar-refractivity contribution in [2.75, 3.05) is 6.61 Å². The molecule has 3 atom stereocenters. The Morgan fingerprint density at radius 3 is 2.39 bits per heavy atom. The van der Waals surface area contributed by atoms with E-state index < -0.39 is 24.1 Å². The van der Waals surface area contributed by atoms with Gasteiger partial charge in [-0.1, -0.05) is 30.3 Å². The zero-order chi connectivity index (χ0) is 21.7. The molecule has 2 aliphatic heterocycles. The molecule has 3 fully saturated rings. The van der Waals surface area contributed by atoms with Crippen molar-refractivity contribution in [1.82, 2.24) is 10.2 Å². The summed E-state index contributed by atoms with van der Waals surface area (Å²) in [4.78, 5) is 39.2. The molecule has 172 valence electrons. The number of hydrogen-bond acceptors (Lipinski definition) is 5. The number of benzene rings is 1. The van der Waals surface area contributed by atoms with E-state index >= 15 is 0 Å². The number of aryl methyl sites for hydroxylation is 1. The number of esters is 1. The highest BCUT2D eigenvalue weighted by molar-refractivity contribution is 5.88. The maximum absolute atomic E-state index is 13.2. The van der Waals surface area contributed by atoms with Crippen LogP contribution in [0.4, 0.5) is 0 Å². The molecule has 1 unspecified atom stereocenters. The third-order valence-corrected chi connectivity index (χ3v) is 6.35. The Morgan fingerprint density at radius 2 is 1.81 bits per heavy atom. The summed E-state index contributed by atoms with van der Waals surface area (Å²) in [6.45, 7) is 3.72. The molecule has 1 aromatic rings. The fraction of sp³-hybridized carbons (Fsp3) is 0.609. The lowest BCUT2D eigenvalue weighted by atomic mass is 9.74. The van der Waals surface area contributed by atoms with Crippen molar-refractivity contribution in [3.05, 3.63) is 35.9 Å². The monoisotopic (exact) mass is 452 g/mol. The topological polar surface area (TPSA) is 95.9 Å². The van der Waals surface area contributed by atoms with Crippen molar-refractivity contribution in [3.63, 3.8) is 0 Å². The van der Waals surface area contributed by atoms with Crippen LogP contribution < -0.4 is 5.32 Å². The number of carboxylic acids is 1. The van der Waals surface area contributed by atoms with E-state index in [1.165, 1.54) is 0 Å². The molecule has 3 aliphatic rings. The molecule has 31 heavy (non-hydrogen) atoms. The lowest BCUT2D eigenvalue weighted by Gasteiger charge is -2.50. The maximum atomic E-state index is 13.2. The molecule has 0 radical (unpaired) electrons. The van der Waals surface area contributed by atoms with Crippen molar-refractivity contribution in [1.29, 1.82) is 0 Å². The van der Waals surface area contributed by atoms with Gasteiger partial charge in [-0.15, -0.1) is 12.4 Å². The highest BCUT2D eigenvalue weighted by Crippen LogP contribution is 2.40. The van der Waals surface area contributed by atoms with E-state index in [0.717, 1.165) is 31.2 Å². The van der Waals surface area contributed by atoms with E-state index in [0.29, 0.717) is 12.8 Å². The van der Waals surface area contributed by atoms with Crippen LogP contribution in [0.2, 0.25) is 0 Å². The van der Waals surface area contributed by atoms with Gasteiger partial charge in [0.1, 0.15) is 12.1 Å². The third-order valence-electron chi connectivity index (χ3n) is 6.35. The number of nitrogens with one attached hydrogen (secondary N) is 1. The minimum Gasteiger partial charge on any atom is -0.480 e. The number of carbonyl (C=O) groups is 3. The van der Waals surface area contributed by atoms with E-state index in [1.54, 1.807) is 18.7 Å². The van der Waals surface area contributed by atoms with E-state index in [4.69, 9.17) is 4.74 Å². The van der Waals surface area contributed by atoms with Crippen LogP contribution in [0.5, 0.6) is 0 Å². The van der Waals surface area contributed by atoms with Gasteiger partial charge in [0.2, 0.25) is 5.91 Å². The Balaban J connectivity index is 0.00000341. The van der Waals surface area contributed by atoms with Gasteiger partial charge in [-0.3, -0.25) is 14.9 Å². The molecule has 1 aromatic carbocycles. The highest BCUT2D eigenvalue weighted by Gasteiger charge is 2.48. The van der Waals surface area contributed by atoms with Crippen LogP contribution in [-0.2, 0) is 25.5 Å². The van der Waals surface area contributed by atoms with Gasteiger partial charge >= 0.3 is 11.9 Å². The Labute approximate surface area is 189 Å². The summed E-state index contributed by atoms with van der Waals surface area (Å²) in [6, 6.07) is 7.74. The Kier molecular flexibility index (Phi) is 9.32. The predicted octanol–water partition coefficient (Wildman–Crippen LogP) is 2.81. The van der Waals surface area contributed by atoms with Gasteiger partial charge in [-0.25, -0.2) is 4.79 Å². The molecule has 1 aliphatic carbocycles. The maximum Gasteiger partial charge on any atom is 0.326 e. The quantitative estimate of drug-likeness (QED) is 0.559. The molecule has 2 saturated heterocycles. The molecule has 2 N–H and O–H groups in total. The van der Waals surface area contributed by atoms with Crippen molar-refractivity contribution in [2.45, 2.75) is 76.5 Å². The number of amides is 1. The number of piperidine rings is 2. The molecule has 0 spiro atoms. The zero-order valence-electron chi connectivity index (χ0n) is 18.2. The molecule has 0 aromatic heterocycles. The molecular weight excluding hydrogens is 420 g/mol. The first-order chi connectivity index (χ1) is 14.4. The van der Waals surface area contributed by atoms with Crippen LogP contribution in [0, 0.1) is 5.92 Å². The smallest absolute Gasteiger partial charge is 0.326 e. The van der Waals surface area contributed by atoms with Crippen LogP contribution in [0.15, 0.2) is 30.3 Å². The highest BCUT2D eigenvalue weighted by atomic mass is 35.5. The second-order valence-electron chi connectivity index (χ2n) is 8.31. The van der Waals surface area contributed by atoms with E-state index in [1.807, 2.05) is 30.3 Å². The minimum atomic E-state index is -0.934. The number of aliphatic carboxylic acids is 1. The number of hydrogen-bond donors (Lipinski definition) is 2. The van der Waals surface area contributed by atoms with Crippen LogP contribution in [0.3, 0.4) is 0 Å². The van der Waals surface area contributed by atoms with Gasteiger partial charge in [0.05, 0.1) is 12.6 Å². The summed E-state index contributed by atoms with van der Waals surface area (Å²) < 4.78 is 5.21. The fourth-order valence-electron chi connectivity index (χ4n) is 4.85. The van der Waals surface area contributed by atoms with Gasteiger partial charge in [0.25, 0.3) is 0 Å². The average molecular weight is 453 g/mol. The summed E-state index contributed by atoms with van der Waals surface area (Å²) in [7, 11) is 0. The standard InChI is InChI=1S/C23H32N2O5.ClH/c1-3-30-23(29)19(14-9-16-7-5-4-6-8-16)24-15(2)21(26)25-18-12-10-17(11-13-18)20(25)22(27)28;/h4-8,15,17-20,24H,3,9-14H2,1-2H3,(H,27,28);1H/t15-,17?,18?,19-,20?;/m0./s1. The molecule has 8 heteroatoms. The Morgan fingerprint density at radius 1 is 1.16 bits per heavy atom. The number of ether oxygens (including phenoxy) is 1. The molecular formula is C23H33ClN2O5. The summed E-state index contributed by atoms with van der Waals surface area (Å²) in [5, 5.41) is 12.9. The van der Waals surface area contributed by atoms with Crippen LogP contribution in [0.1, 0.15) is 51.5 Å². The van der Waals surface area contributed by atoms with E-state index in [2.05, 4.69) is 5.32 Å². The molecule has 4 rings (SSSR count). The molecule has 1 amide bonds. The first-order valence-electron chi connectivity index (χ1n) is 10.9. The number of halogens is 1. The molecule has 2 heterocycles. The fourth-order valence-corrected chi connectivity index (χ4v) is 4.85. The van der Waals surface area contributed by atoms with Gasteiger partial charge in [0, 0.05) is 6.04 Å². The van der Waals surface area contributed by atoms with Gasteiger partial charge in [-0.05, 0) is 63.9 Å². The van der Waals surface area contributed by atoms with E-state index in [9.17, 15) is 19.5 Å². The van der Waals surface area contributed by atoms with Gasteiger partial charge < -0.3 is 14.7 Å². The lowest BCUT2D eigenvalue weighted by Crippen LogP contribution is -2.64. The average Bonchev–Trinajstić information content (AvgIpc) is 2.76. The van der Waals surface area contributed by atoms with Crippen LogP contribution in [-0.4, -0.2) is 58.6 Å². The number of carboxylic acid groups (broad SMARTS) is 1.